The third-order valence-corrected chi connectivity index (χ3v) is 4.09. The Bertz CT molecular complexity index is 620. The summed E-state index contributed by atoms with van der Waals surface area (Å²) in [6.07, 6.45) is 0. The van der Waals surface area contributed by atoms with Crippen molar-refractivity contribution in [1.82, 2.24) is 4.90 Å². The first-order valence-electron chi connectivity index (χ1n) is 7.19. The molecule has 1 N–H and O–H groups in total. The number of hydrogen-bond donors (Lipinski definition) is 1. The van der Waals surface area contributed by atoms with Crippen LogP contribution in [0.1, 0.15) is 23.0 Å². The Kier molecular flexibility index (Phi) is 3.80. The Morgan fingerprint density at radius 3 is 2.62 bits per heavy atom. The van der Waals surface area contributed by atoms with Crippen LogP contribution in [-0.2, 0) is 11.3 Å². The van der Waals surface area contributed by atoms with Crippen molar-refractivity contribution >= 4 is 5.97 Å². The average molecular weight is 285 g/mol. The maximum Gasteiger partial charge on any atom is 0.308 e. The number of carboxylic acid groups (broad SMARTS) is 1. The van der Waals surface area contributed by atoms with Gasteiger partial charge < -0.3 is 9.52 Å². The van der Waals surface area contributed by atoms with Crippen molar-refractivity contribution in [1.29, 1.82) is 0 Å². The van der Waals surface area contributed by atoms with E-state index in [-0.39, 0.29) is 5.92 Å². The molecule has 2 aromatic rings. The molecule has 1 aromatic heterocycles. The lowest BCUT2D eigenvalue weighted by Crippen LogP contribution is -2.23. The van der Waals surface area contributed by atoms with Crippen molar-refractivity contribution in [3.05, 3.63) is 59.5 Å². The summed E-state index contributed by atoms with van der Waals surface area (Å²) in [5.74, 6) is 0.398. The molecule has 0 amide bonds. The van der Waals surface area contributed by atoms with Crippen molar-refractivity contribution in [2.24, 2.45) is 5.92 Å². The highest BCUT2D eigenvalue weighted by atomic mass is 16.4. The van der Waals surface area contributed by atoms with E-state index >= 15 is 0 Å². The number of nitrogens with zero attached hydrogens (tertiary/aromatic N) is 1. The minimum Gasteiger partial charge on any atom is -0.481 e. The molecule has 0 radical (unpaired) electrons. The highest BCUT2D eigenvalue weighted by Crippen LogP contribution is 2.34. The maximum absolute atomic E-state index is 11.5. The van der Waals surface area contributed by atoms with Crippen LogP contribution in [0.4, 0.5) is 0 Å². The number of likely N-dealkylation sites (tertiary alicyclic amines) is 1. The fourth-order valence-electron chi connectivity index (χ4n) is 3.05. The minimum atomic E-state index is -0.746. The van der Waals surface area contributed by atoms with Gasteiger partial charge in [-0.1, -0.05) is 30.3 Å². The summed E-state index contributed by atoms with van der Waals surface area (Å²) in [6, 6.07) is 13.9. The van der Waals surface area contributed by atoms with Gasteiger partial charge in [-0.2, -0.15) is 0 Å². The number of aliphatic carboxylic acids is 1. The Labute approximate surface area is 124 Å². The van der Waals surface area contributed by atoms with Gasteiger partial charge in [-0.05, 0) is 24.6 Å². The molecule has 4 heteroatoms. The minimum absolute atomic E-state index is 0.0695. The fraction of sp³-hybridized carbons (Fsp3) is 0.353. The molecule has 1 aromatic carbocycles. The Morgan fingerprint density at radius 1 is 1.24 bits per heavy atom. The van der Waals surface area contributed by atoms with Gasteiger partial charge in [0.2, 0.25) is 0 Å². The van der Waals surface area contributed by atoms with Gasteiger partial charge in [-0.15, -0.1) is 0 Å². The van der Waals surface area contributed by atoms with Crippen molar-refractivity contribution in [2.45, 2.75) is 19.4 Å². The number of aryl methyl sites for hydroxylation is 1. The van der Waals surface area contributed by atoms with E-state index in [0.717, 1.165) is 24.6 Å². The highest BCUT2D eigenvalue weighted by molar-refractivity contribution is 5.72. The monoisotopic (exact) mass is 285 g/mol. The van der Waals surface area contributed by atoms with Gasteiger partial charge in [0.15, 0.2) is 0 Å². The lowest BCUT2D eigenvalue weighted by molar-refractivity contribution is -0.141. The zero-order chi connectivity index (χ0) is 14.8. The van der Waals surface area contributed by atoms with Crippen LogP contribution in [0.3, 0.4) is 0 Å². The summed E-state index contributed by atoms with van der Waals surface area (Å²) in [7, 11) is 0. The van der Waals surface area contributed by atoms with Crippen molar-refractivity contribution < 1.29 is 14.3 Å². The standard InChI is InChI=1S/C17H19NO3/c1-12-7-8-16(21-12)14-10-18(11-15(14)17(19)20)9-13-5-3-2-4-6-13/h2-8,14-15H,9-11H2,1H3,(H,19,20). The number of furan rings is 1. The summed E-state index contributed by atoms with van der Waals surface area (Å²) in [6.45, 7) is 3.95. The molecule has 0 aliphatic carbocycles. The van der Waals surface area contributed by atoms with Crippen LogP contribution in [0.15, 0.2) is 46.9 Å². The Balaban J connectivity index is 1.76. The van der Waals surface area contributed by atoms with Crippen LogP contribution < -0.4 is 0 Å². The molecule has 4 nitrogen and oxygen atoms in total. The zero-order valence-corrected chi connectivity index (χ0v) is 12.0. The van der Waals surface area contributed by atoms with Crippen LogP contribution >= 0.6 is 0 Å². The van der Waals surface area contributed by atoms with Gasteiger partial charge in [0.1, 0.15) is 11.5 Å². The average Bonchev–Trinajstić information content (AvgIpc) is 3.06. The third kappa shape index (κ3) is 3.00. The van der Waals surface area contributed by atoms with Crippen LogP contribution in [0, 0.1) is 12.8 Å². The molecule has 2 heterocycles. The van der Waals surface area contributed by atoms with E-state index in [1.807, 2.05) is 37.3 Å². The first-order valence-corrected chi connectivity index (χ1v) is 7.19. The lowest BCUT2D eigenvalue weighted by atomic mass is 9.94. The smallest absolute Gasteiger partial charge is 0.308 e. The summed E-state index contributed by atoms with van der Waals surface area (Å²) in [4.78, 5) is 13.7. The number of carboxylic acids is 1. The molecule has 0 bridgehead atoms. The predicted octanol–water partition coefficient (Wildman–Crippen LogP) is 2.89. The summed E-state index contributed by atoms with van der Waals surface area (Å²) in [5, 5.41) is 9.47. The molecule has 21 heavy (non-hydrogen) atoms. The van der Waals surface area contributed by atoms with Crippen LogP contribution in [0.2, 0.25) is 0 Å². The second-order valence-corrected chi connectivity index (χ2v) is 5.68. The molecule has 3 rings (SSSR count). The summed E-state index contributed by atoms with van der Waals surface area (Å²) >= 11 is 0. The molecule has 1 saturated heterocycles. The topological polar surface area (TPSA) is 53.7 Å². The first kappa shape index (κ1) is 13.9. The third-order valence-electron chi connectivity index (χ3n) is 4.09. The van der Waals surface area contributed by atoms with Gasteiger partial charge in [0.25, 0.3) is 0 Å². The lowest BCUT2D eigenvalue weighted by Gasteiger charge is -2.15. The molecular weight excluding hydrogens is 266 g/mol. The van der Waals surface area contributed by atoms with E-state index in [9.17, 15) is 9.90 Å². The number of hydrogen-bond acceptors (Lipinski definition) is 3. The normalized spacial score (nSPS) is 22.5. The molecule has 1 fully saturated rings. The van der Waals surface area contributed by atoms with Gasteiger partial charge in [-0.25, -0.2) is 0 Å². The van der Waals surface area contributed by atoms with E-state index in [1.54, 1.807) is 0 Å². The van der Waals surface area contributed by atoms with Crippen LogP contribution in [0.5, 0.6) is 0 Å². The molecule has 2 atom stereocenters. The maximum atomic E-state index is 11.5. The second-order valence-electron chi connectivity index (χ2n) is 5.68. The van der Waals surface area contributed by atoms with E-state index in [1.165, 1.54) is 5.56 Å². The Morgan fingerprint density at radius 2 is 2.00 bits per heavy atom. The largest absolute Gasteiger partial charge is 0.481 e. The van der Waals surface area contributed by atoms with E-state index in [2.05, 4.69) is 17.0 Å². The molecule has 0 spiro atoms. The molecule has 110 valence electrons. The van der Waals surface area contributed by atoms with Gasteiger partial charge >= 0.3 is 5.97 Å². The van der Waals surface area contributed by atoms with E-state index < -0.39 is 11.9 Å². The SMILES string of the molecule is Cc1ccc(C2CN(Cc3ccccc3)CC2C(=O)O)o1. The molecule has 1 aliphatic rings. The quantitative estimate of drug-likeness (QED) is 0.938. The zero-order valence-electron chi connectivity index (χ0n) is 12.0. The van der Waals surface area contributed by atoms with Crippen molar-refractivity contribution in [2.75, 3.05) is 13.1 Å². The van der Waals surface area contributed by atoms with Gasteiger partial charge in [0.05, 0.1) is 5.92 Å². The predicted molar refractivity (Wildman–Crippen MR) is 79.0 cm³/mol. The van der Waals surface area contributed by atoms with Gasteiger partial charge in [0, 0.05) is 25.6 Å². The number of rotatable bonds is 4. The number of carbonyl (C=O) groups is 1. The van der Waals surface area contributed by atoms with Crippen LogP contribution in [0.25, 0.3) is 0 Å². The molecule has 0 saturated carbocycles. The van der Waals surface area contributed by atoms with Gasteiger partial charge in [-0.3, -0.25) is 9.69 Å². The summed E-state index contributed by atoms with van der Waals surface area (Å²) in [5.41, 5.74) is 1.21. The highest BCUT2D eigenvalue weighted by Gasteiger charge is 2.40. The first-order chi connectivity index (χ1) is 10.1. The van der Waals surface area contributed by atoms with Crippen molar-refractivity contribution in [3.8, 4) is 0 Å². The number of benzene rings is 1. The molecular formula is C17H19NO3. The van der Waals surface area contributed by atoms with E-state index in [0.29, 0.717) is 6.54 Å². The van der Waals surface area contributed by atoms with E-state index in [4.69, 9.17) is 4.42 Å². The Hall–Kier alpha value is -2.07. The van der Waals surface area contributed by atoms with Crippen LogP contribution in [-0.4, -0.2) is 29.1 Å². The van der Waals surface area contributed by atoms with Crippen molar-refractivity contribution in [3.63, 3.8) is 0 Å². The molecule has 2 unspecified atom stereocenters. The fourth-order valence-corrected chi connectivity index (χ4v) is 3.05. The second kappa shape index (κ2) is 5.74. The summed E-state index contributed by atoms with van der Waals surface area (Å²) < 4.78 is 5.66. The molecule has 1 aliphatic heterocycles.